The molecule has 6 nitrogen and oxygen atoms in total. The van der Waals surface area contributed by atoms with Gasteiger partial charge in [0.15, 0.2) is 5.66 Å². The molecule has 0 aromatic carbocycles. The van der Waals surface area contributed by atoms with Gasteiger partial charge in [0.1, 0.15) is 11.9 Å². The number of hydrogen-bond donors (Lipinski definition) is 2. The maximum absolute atomic E-state index is 12.3. The molecule has 0 unspecified atom stereocenters. The second kappa shape index (κ2) is 2.64. The van der Waals surface area contributed by atoms with E-state index < -0.39 is 5.66 Å². The normalized spacial score (nSPS) is 33.9. The Morgan fingerprint density at radius 2 is 2.29 bits per heavy atom. The van der Waals surface area contributed by atoms with Gasteiger partial charge < -0.3 is 20.1 Å². The molecule has 0 saturated carbocycles. The van der Waals surface area contributed by atoms with Crippen LogP contribution in [0.25, 0.3) is 0 Å². The van der Waals surface area contributed by atoms with Crippen LogP contribution in [0.4, 0.5) is 4.79 Å². The Labute approximate surface area is 97.6 Å². The average Bonchev–Trinajstić information content (AvgIpc) is 2.96. The summed E-state index contributed by atoms with van der Waals surface area (Å²) in [6.07, 6.45) is 3.40. The highest BCUT2D eigenvalue weighted by Crippen LogP contribution is 2.42. The zero-order chi connectivity index (χ0) is 11.6. The topological polar surface area (TPSA) is 66.4 Å². The fraction of sp³-hybridized carbons (Fsp3) is 0.455. The summed E-state index contributed by atoms with van der Waals surface area (Å²) in [5.74, 6) is 0.00718. The van der Waals surface area contributed by atoms with Crippen molar-refractivity contribution in [2.45, 2.75) is 24.7 Å². The maximum atomic E-state index is 12.3. The van der Waals surface area contributed by atoms with Gasteiger partial charge in [0.25, 0.3) is 5.91 Å². The number of fused-ring (bicyclic) bond motifs is 2. The number of nitrogens with zero attached hydrogens (tertiary/aromatic N) is 2. The zero-order valence-electron chi connectivity index (χ0n) is 9.14. The van der Waals surface area contributed by atoms with Crippen molar-refractivity contribution in [1.29, 1.82) is 0 Å². The van der Waals surface area contributed by atoms with Crippen LogP contribution in [0, 0.1) is 0 Å². The van der Waals surface area contributed by atoms with Gasteiger partial charge in [0.05, 0.1) is 0 Å². The molecule has 4 heterocycles. The number of nitrogens with one attached hydrogen (secondary N) is 2. The number of carbonyl (C=O) groups excluding carboxylic acids is 2. The van der Waals surface area contributed by atoms with Gasteiger partial charge in [-0.25, -0.2) is 4.79 Å². The first kappa shape index (κ1) is 9.09. The minimum absolute atomic E-state index is 0.00718. The van der Waals surface area contributed by atoms with Crippen molar-refractivity contribution in [2.24, 2.45) is 0 Å². The summed E-state index contributed by atoms with van der Waals surface area (Å²) in [4.78, 5) is 25.7. The Morgan fingerprint density at radius 1 is 1.41 bits per heavy atom. The van der Waals surface area contributed by atoms with E-state index in [4.69, 9.17) is 0 Å². The van der Waals surface area contributed by atoms with Crippen LogP contribution in [-0.4, -0.2) is 33.6 Å². The summed E-state index contributed by atoms with van der Waals surface area (Å²) in [7, 11) is 0. The Bertz CT molecular complexity index is 537. The fourth-order valence-corrected chi connectivity index (χ4v) is 3.32. The van der Waals surface area contributed by atoms with Crippen molar-refractivity contribution in [2.75, 3.05) is 6.54 Å². The molecule has 6 heteroatoms. The molecule has 1 aromatic heterocycles. The third-order valence-corrected chi connectivity index (χ3v) is 3.99. The maximum Gasteiger partial charge on any atom is 0.318 e. The lowest BCUT2D eigenvalue weighted by atomic mass is 10.0. The quantitative estimate of drug-likeness (QED) is 0.673. The number of rotatable bonds is 0. The van der Waals surface area contributed by atoms with E-state index in [0.717, 1.165) is 12.8 Å². The van der Waals surface area contributed by atoms with Gasteiger partial charge >= 0.3 is 6.03 Å². The molecule has 0 aliphatic carbocycles. The smallest absolute Gasteiger partial charge is 0.318 e. The molecule has 2 N–H and O–H groups in total. The first-order valence-electron chi connectivity index (χ1n) is 5.80. The number of hydrogen-bond acceptors (Lipinski definition) is 2. The highest BCUT2D eigenvalue weighted by molar-refractivity contribution is 5.96. The number of carbonyl (C=O) groups is 2. The first-order chi connectivity index (χ1) is 8.22. The number of aromatic nitrogens is 1. The minimum atomic E-state index is -0.555. The van der Waals surface area contributed by atoms with E-state index in [0.29, 0.717) is 12.2 Å². The third kappa shape index (κ3) is 0.878. The van der Waals surface area contributed by atoms with E-state index >= 15 is 0 Å². The SMILES string of the molecule is O=C1N[C@H]2n3cccc3C(=O)N3CCC[C@]23N1. The molecule has 2 fully saturated rings. The summed E-state index contributed by atoms with van der Waals surface area (Å²) in [5, 5.41) is 5.83. The largest absolute Gasteiger partial charge is 0.319 e. The minimum Gasteiger partial charge on any atom is -0.319 e. The molecule has 0 radical (unpaired) electrons. The molecule has 0 bridgehead atoms. The summed E-state index contributed by atoms with van der Waals surface area (Å²) in [5.41, 5.74) is 0.0942. The standard InChI is InChI=1S/C11H12N4O2/c16-8-7-3-1-5-14(7)9-11(13-10(17)12-9)4-2-6-15(8)11/h1,3,5,9H,2,4,6H2,(H2,12,13,17)/t9-,11+/m0/s1. The Hall–Kier alpha value is -1.98. The summed E-state index contributed by atoms with van der Waals surface area (Å²) in [6, 6.07) is 3.44. The monoisotopic (exact) mass is 232 g/mol. The Kier molecular flexibility index (Phi) is 1.41. The molecule has 1 spiro atoms. The fourth-order valence-electron chi connectivity index (χ4n) is 3.32. The predicted octanol–water partition coefficient (Wildman–Crippen LogP) is 0.245. The van der Waals surface area contributed by atoms with Crippen LogP contribution in [-0.2, 0) is 0 Å². The van der Waals surface area contributed by atoms with E-state index in [-0.39, 0.29) is 18.1 Å². The molecular formula is C11H12N4O2. The van der Waals surface area contributed by atoms with E-state index in [1.807, 2.05) is 16.8 Å². The summed E-state index contributed by atoms with van der Waals surface area (Å²) in [6.45, 7) is 0.711. The van der Waals surface area contributed by atoms with Crippen LogP contribution in [0.2, 0.25) is 0 Å². The molecular weight excluding hydrogens is 220 g/mol. The van der Waals surface area contributed by atoms with Gasteiger partial charge in [0.2, 0.25) is 0 Å². The zero-order valence-corrected chi connectivity index (χ0v) is 9.14. The Morgan fingerprint density at radius 3 is 3.18 bits per heavy atom. The van der Waals surface area contributed by atoms with Crippen molar-refractivity contribution in [3.05, 3.63) is 24.0 Å². The third-order valence-electron chi connectivity index (χ3n) is 3.99. The average molecular weight is 232 g/mol. The summed E-state index contributed by atoms with van der Waals surface area (Å²) >= 11 is 0. The van der Waals surface area contributed by atoms with Crippen molar-refractivity contribution in [1.82, 2.24) is 20.1 Å². The van der Waals surface area contributed by atoms with Crippen LogP contribution in [0.5, 0.6) is 0 Å². The molecule has 4 rings (SSSR count). The van der Waals surface area contributed by atoms with Crippen LogP contribution in [0.3, 0.4) is 0 Å². The second-order valence-electron chi connectivity index (χ2n) is 4.79. The van der Waals surface area contributed by atoms with Gasteiger partial charge in [-0.1, -0.05) is 0 Å². The van der Waals surface area contributed by atoms with Crippen LogP contribution >= 0.6 is 0 Å². The Balaban J connectivity index is 1.96. The second-order valence-corrected chi connectivity index (χ2v) is 4.79. The number of urea groups is 1. The van der Waals surface area contributed by atoms with E-state index in [1.165, 1.54) is 0 Å². The molecule has 2 atom stereocenters. The van der Waals surface area contributed by atoms with Crippen LogP contribution < -0.4 is 10.6 Å². The highest BCUT2D eigenvalue weighted by Gasteiger charge is 2.59. The van der Waals surface area contributed by atoms with Crippen molar-refractivity contribution in [3.8, 4) is 0 Å². The van der Waals surface area contributed by atoms with Crippen LogP contribution in [0.15, 0.2) is 18.3 Å². The first-order valence-corrected chi connectivity index (χ1v) is 5.80. The van der Waals surface area contributed by atoms with Gasteiger partial charge in [-0.3, -0.25) is 4.79 Å². The van der Waals surface area contributed by atoms with Crippen molar-refractivity contribution < 1.29 is 9.59 Å². The van der Waals surface area contributed by atoms with Crippen molar-refractivity contribution >= 4 is 11.9 Å². The lowest BCUT2D eigenvalue weighted by Gasteiger charge is -2.43. The summed E-state index contributed by atoms with van der Waals surface area (Å²) < 4.78 is 1.86. The van der Waals surface area contributed by atoms with Gasteiger partial charge in [0, 0.05) is 12.7 Å². The van der Waals surface area contributed by atoms with E-state index in [1.54, 1.807) is 11.0 Å². The van der Waals surface area contributed by atoms with Gasteiger partial charge in [-0.2, -0.15) is 0 Å². The van der Waals surface area contributed by atoms with Gasteiger partial charge in [-0.05, 0) is 25.0 Å². The van der Waals surface area contributed by atoms with E-state index in [9.17, 15) is 9.59 Å². The highest BCUT2D eigenvalue weighted by atomic mass is 16.2. The lowest BCUT2D eigenvalue weighted by molar-refractivity contribution is 0.0313. The molecule has 2 saturated heterocycles. The van der Waals surface area contributed by atoms with Crippen molar-refractivity contribution in [3.63, 3.8) is 0 Å². The molecule has 3 aliphatic heterocycles. The predicted molar refractivity (Wildman–Crippen MR) is 58.1 cm³/mol. The van der Waals surface area contributed by atoms with Gasteiger partial charge in [-0.15, -0.1) is 0 Å². The molecule has 1 aromatic rings. The van der Waals surface area contributed by atoms with E-state index in [2.05, 4.69) is 10.6 Å². The molecule has 3 aliphatic rings. The molecule has 17 heavy (non-hydrogen) atoms. The van der Waals surface area contributed by atoms with Crippen LogP contribution in [0.1, 0.15) is 29.5 Å². The number of amides is 3. The molecule has 3 amide bonds. The molecule has 88 valence electrons. The lowest BCUT2D eigenvalue weighted by Crippen LogP contribution is -2.62.